The van der Waals surface area contributed by atoms with Crippen LogP contribution in [0.1, 0.15) is 12.8 Å². The standard InChI is InChI=1S/C16H19N5O/c22-16(20-13-6-2-1-3-7-13)19-12-14-8-4-11-21(14)15-17-9-5-10-18-15/h1-3,5-7,9-10,14H,4,8,11-12H2,(H2,19,20,22)/t14-/m1/s1. The molecule has 6 heteroatoms. The summed E-state index contributed by atoms with van der Waals surface area (Å²) in [5.41, 5.74) is 0.787. The van der Waals surface area contributed by atoms with Crippen LogP contribution < -0.4 is 15.5 Å². The first-order chi connectivity index (χ1) is 10.8. The van der Waals surface area contributed by atoms with Gasteiger partial charge in [0.1, 0.15) is 0 Å². The number of amides is 2. The number of anilines is 2. The lowest BCUT2D eigenvalue weighted by Gasteiger charge is -2.24. The van der Waals surface area contributed by atoms with Crippen molar-refractivity contribution in [3.63, 3.8) is 0 Å². The summed E-state index contributed by atoms with van der Waals surface area (Å²) >= 11 is 0. The molecule has 1 aliphatic heterocycles. The first-order valence-corrected chi connectivity index (χ1v) is 7.46. The summed E-state index contributed by atoms with van der Waals surface area (Å²) in [5, 5.41) is 5.75. The zero-order chi connectivity index (χ0) is 15.2. The van der Waals surface area contributed by atoms with Crippen LogP contribution in [0.2, 0.25) is 0 Å². The zero-order valence-electron chi connectivity index (χ0n) is 12.3. The fraction of sp³-hybridized carbons (Fsp3) is 0.312. The van der Waals surface area contributed by atoms with E-state index in [9.17, 15) is 4.79 Å². The molecule has 2 aromatic rings. The number of carbonyl (C=O) groups is 1. The van der Waals surface area contributed by atoms with Crippen molar-refractivity contribution in [2.24, 2.45) is 0 Å². The molecule has 1 fully saturated rings. The van der Waals surface area contributed by atoms with Crippen LogP contribution in [0.5, 0.6) is 0 Å². The molecule has 2 N–H and O–H groups in total. The first kappa shape index (κ1) is 14.3. The van der Waals surface area contributed by atoms with Crippen molar-refractivity contribution in [3.05, 3.63) is 48.8 Å². The van der Waals surface area contributed by atoms with E-state index in [2.05, 4.69) is 25.5 Å². The van der Waals surface area contributed by atoms with Crippen molar-refractivity contribution in [1.29, 1.82) is 0 Å². The number of rotatable bonds is 4. The Morgan fingerprint density at radius 3 is 2.73 bits per heavy atom. The second kappa shape index (κ2) is 6.89. The van der Waals surface area contributed by atoms with Crippen molar-refractivity contribution in [1.82, 2.24) is 15.3 Å². The van der Waals surface area contributed by atoms with E-state index in [4.69, 9.17) is 0 Å². The summed E-state index contributed by atoms with van der Waals surface area (Å²) in [6.45, 7) is 1.51. The Morgan fingerprint density at radius 2 is 1.95 bits per heavy atom. The molecule has 0 saturated carbocycles. The maximum Gasteiger partial charge on any atom is 0.319 e. The maximum absolute atomic E-state index is 11.9. The molecule has 1 aliphatic rings. The quantitative estimate of drug-likeness (QED) is 0.908. The number of para-hydroxylation sites is 1. The third kappa shape index (κ3) is 3.52. The Morgan fingerprint density at radius 1 is 1.18 bits per heavy atom. The van der Waals surface area contributed by atoms with E-state index in [0.717, 1.165) is 31.0 Å². The van der Waals surface area contributed by atoms with Gasteiger partial charge in [0, 0.05) is 37.2 Å². The Bertz CT molecular complexity index is 604. The van der Waals surface area contributed by atoms with Gasteiger partial charge in [0.05, 0.1) is 0 Å². The number of hydrogen-bond donors (Lipinski definition) is 2. The molecular weight excluding hydrogens is 278 g/mol. The first-order valence-electron chi connectivity index (χ1n) is 7.46. The Labute approximate surface area is 129 Å². The number of nitrogens with zero attached hydrogens (tertiary/aromatic N) is 3. The van der Waals surface area contributed by atoms with Crippen LogP contribution >= 0.6 is 0 Å². The van der Waals surface area contributed by atoms with Crippen LogP contribution in [0.25, 0.3) is 0 Å². The number of urea groups is 1. The Balaban J connectivity index is 1.53. The fourth-order valence-corrected chi connectivity index (χ4v) is 2.66. The lowest BCUT2D eigenvalue weighted by Crippen LogP contribution is -2.42. The monoisotopic (exact) mass is 297 g/mol. The predicted molar refractivity (Wildman–Crippen MR) is 85.9 cm³/mol. The number of aromatic nitrogens is 2. The number of carbonyl (C=O) groups excluding carboxylic acids is 1. The minimum atomic E-state index is -0.188. The van der Waals surface area contributed by atoms with E-state index in [1.54, 1.807) is 18.5 Å². The minimum absolute atomic E-state index is 0.188. The Kier molecular flexibility index (Phi) is 4.48. The molecule has 2 heterocycles. The smallest absolute Gasteiger partial charge is 0.319 e. The minimum Gasteiger partial charge on any atom is -0.336 e. The van der Waals surface area contributed by atoms with E-state index in [-0.39, 0.29) is 12.1 Å². The number of nitrogens with one attached hydrogen (secondary N) is 2. The summed E-state index contributed by atoms with van der Waals surface area (Å²) in [7, 11) is 0. The van der Waals surface area contributed by atoms with Crippen LogP contribution in [-0.2, 0) is 0 Å². The average Bonchev–Trinajstić information content (AvgIpc) is 3.03. The van der Waals surface area contributed by atoms with Gasteiger partial charge in [-0.1, -0.05) is 18.2 Å². The summed E-state index contributed by atoms with van der Waals surface area (Å²) in [6.07, 6.45) is 5.61. The zero-order valence-corrected chi connectivity index (χ0v) is 12.3. The number of hydrogen-bond acceptors (Lipinski definition) is 4. The van der Waals surface area contributed by atoms with Crippen molar-refractivity contribution in [2.45, 2.75) is 18.9 Å². The summed E-state index contributed by atoms with van der Waals surface area (Å²) in [6, 6.07) is 11.3. The van der Waals surface area contributed by atoms with Gasteiger partial charge in [-0.2, -0.15) is 0 Å². The van der Waals surface area contributed by atoms with E-state index < -0.39 is 0 Å². The third-order valence-corrected chi connectivity index (χ3v) is 3.72. The Hall–Kier alpha value is -2.63. The SMILES string of the molecule is O=C(NC[C@H]1CCCN1c1ncccn1)Nc1ccccc1. The van der Waals surface area contributed by atoms with Crippen LogP contribution in [-0.4, -0.2) is 35.1 Å². The highest BCUT2D eigenvalue weighted by atomic mass is 16.2. The van der Waals surface area contributed by atoms with Gasteiger partial charge in [-0.15, -0.1) is 0 Å². The highest BCUT2D eigenvalue weighted by Gasteiger charge is 2.26. The average molecular weight is 297 g/mol. The second-order valence-corrected chi connectivity index (χ2v) is 5.24. The van der Waals surface area contributed by atoms with Crippen molar-refractivity contribution < 1.29 is 4.79 Å². The largest absolute Gasteiger partial charge is 0.336 e. The van der Waals surface area contributed by atoms with Gasteiger partial charge in [-0.05, 0) is 31.0 Å². The fourth-order valence-electron chi connectivity index (χ4n) is 2.66. The lowest BCUT2D eigenvalue weighted by molar-refractivity contribution is 0.251. The van der Waals surface area contributed by atoms with E-state index in [0.29, 0.717) is 6.54 Å². The molecule has 1 aromatic carbocycles. The molecule has 1 atom stereocenters. The van der Waals surface area contributed by atoms with Crippen LogP contribution in [0, 0.1) is 0 Å². The highest BCUT2D eigenvalue weighted by molar-refractivity contribution is 5.89. The maximum atomic E-state index is 11.9. The van der Waals surface area contributed by atoms with Crippen molar-refractivity contribution in [2.75, 3.05) is 23.3 Å². The topological polar surface area (TPSA) is 70.2 Å². The lowest BCUT2D eigenvalue weighted by atomic mass is 10.2. The highest BCUT2D eigenvalue weighted by Crippen LogP contribution is 2.21. The van der Waals surface area contributed by atoms with Gasteiger partial charge >= 0.3 is 6.03 Å². The molecule has 1 saturated heterocycles. The van der Waals surface area contributed by atoms with Crippen LogP contribution in [0.3, 0.4) is 0 Å². The van der Waals surface area contributed by atoms with Gasteiger partial charge < -0.3 is 15.5 Å². The normalized spacial score (nSPS) is 17.3. The van der Waals surface area contributed by atoms with E-state index >= 15 is 0 Å². The van der Waals surface area contributed by atoms with Gasteiger partial charge in [0.25, 0.3) is 0 Å². The second-order valence-electron chi connectivity index (χ2n) is 5.24. The molecule has 2 amide bonds. The van der Waals surface area contributed by atoms with Gasteiger partial charge in [-0.3, -0.25) is 0 Å². The molecule has 22 heavy (non-hydrogen) atoms. The predicted octanol–water partition coefficient (Wildman–Crippen LogP) is 2.27. The van der Waals surface area contributed by atoms with E-state index in [1.807, 2.05) is 30.3 Å². The summed E-state index contributed by atoms with van der Waals surface area (Å²) < 4.78 is 0. The molecule has 0 spiro atoms. The molecule has 0 bridgehead atoms. The molecule has 0 unspecified atom stereocenters. The van der Waals surface area contributed by atoms with Crippen molar-refractivity contribution in [3.8, 4) is 0 Å². The van der Waals surface area contributed by atoms with Crippen molar-refractivity contribution >= 4 is 17.7 Å². The summed E-state index contributed by atoms with van der Waals surface area (Å²) in [5.74, 6) is 0.732. The van der Waals surface area contributed by atoms with Crippen LogP contribution in [0.4, 0.5) is 16.4 Å². The van der Waals surface area contributed by atoms with Gasteiger partial charge in [-0.25, -0.2) is 14.8 Å². The summed E-state index contributed by atoms with van der Waals surface area (Å²) in [4.78, 5) is 22.7. The molecular formula is C16H19N5O. The molecule has 1 aromatic heterocycles. The van der Waals surface area contributed by atoms with E-state index in [1.165, 1.54) is 0 Å². The molecule has 0 aliphatic carbocycles. The molecule has 6 nitrogen and oxygen atoms in total. The third-order valence-electron chi connectivity index (χ3n) is 3.72. The number of benzene rings is 1. The molecule has 3 rings (SSSR count). The van der Waals surface area contributed by atoms with Gasteiger partial charge in [0.15, 0.2) is 0 Å². The van der Waals surface area contributed by atoms with Gasteiger partial charge in [0.2, 0.25) is 5.95 Å². The molecule has 114 valence electrons. The molecule has 0 radical (unpaired) electrons. The van der Waals surface area contributed by atoms with Crippen LogP contribution in [0.15, 0.2) is 48.8 Å².